The molecule has 0 N–H and O–H groups in total. The molecule has 1 saturated carbocycles. The Morgan fingerprint density at radius 1 is 1.18 bits per heavy atom. The van der Waals surface area contributed by atoms with Crippen molar-refractivity contribution < 1.29 is 0 Å². The summed E-state index contributed by atoms with van der Waals surface area (Å²) in [6, 6.07) is 11.0. The first-order valence-corrected chi connectivity index (χ1v) is 7.45. The molecule has 94 valence electrons. The average molecular weight is 251 g/mol. The van der Waals surface area contributed by atoms with Gasteiger partial charge in [0.05, 0.1) is 0 Å². The van der Waals surface area contributed by atoms with Crippen LogP contribution in [-0.2, 0) is 0 Å². The van der Waals surface area contributed by atoms with E-state index < -0.39 is 0 Å². The second-order valence-electron chi connectivity index (χ2n) is 5.27. The third kappa shape index (κ3) is 3.25. The van der Waals surface area contributed by atoms with E-state index in [1.54, 1.807) is 0 Å². The van der Waals surface area contributed by atoms with Crippen LogP contribution in [0.15, 0.2) is 30.3 Å². The van der Waals surface area contributed by atoms with Crippen molar-refractivity contribution in [3.8, 4) is 0 Å². The van der Waals surface area contributed by atoms with Gasteiger partial charge in [-0.2, -0.15) is 0 Å². The molecule has 1 heteroatoms. The number of alkyl halides is 1. The van der Waals surface area contributed by atoms with Crippen molar-refractivity contribution in [1.29, 1.82) is 0 Å². The maximum absolute atomic E-state index is 6.60. The number of benzene rings is 1. The van der Waals surface area contributed by atoms with E-state index in [4.69, 9.17) is 11.6 Å². The highest BCUT2D eigenvalue weighted by Crippen LogP contribution is 2.42. The van der Waals surface area contributed by atoms with Gasteiger partial charge in [0, 0.05) is 5.38 Å². The van der Waals surface area contributed by atoms with Gasteiger partial charge in [0.2, 0.25) is 0 Å². The lowest BCUT2D eigenvalue weighted by molar-refractivity contribution is 0.289. The molecule has 0 aliphatic heterocycles. The Hall–Kier alpha value is -0.490. The highest BCUT2D eigenvalue weighted by atomic mass is 35.5. The molecule has 17 heavy (non-hydrogen) atoms. The molecule has 1 aliphatic rings. The Balaban J connectivity index is 2.12. The normalized spacial score (nSPS) is 26.7. The second kappa shape index (κ2) is 6.44. The van der Waals surface area contributed by atoms with Crippen LogP contribution in [-0.4, -0.2) is 5.38 Å². The lowest BCUT2D eigenvalue weighted by Gasteiger charge is -2.35. The molecule has 1 aromatic carbocycles. The number of hydrogen-bond donors (Lipinski definition) is 0. The predicted octanol–water partition coefficient (Wildman–Crippen LogP) is 5.37. The van der Waals surface area contributed by atoms with Crippen molar-refractivity contribution in [3.05, 3.63) is 35.9 Å². The van der Waals surface area contributed by atoms with Gasteiger partial charge in [-0.05, 0) is 36.7 Å². The van der Waals surface area contributed by atoms with Crippen LogP contribution in [0.1, 0.15) is 56.9 Å². The number of halogens is 1. The minimum absolute atomic E-state index is 0.366. The molecule has 0 spiro atoms. The van der Waals surface area contributed by atoms with Crippen LogP contribution in [0.25, 0.3) is 0 Å². The van der Waals surface area contributed by atoms with Crippen LogP contribution >= 0.6 is 11.6 Å². The van der Waals surface area contributed by atoms with E-state index >= 15 is 0 Å². The number of rotatable bonds is 4. The Labute approximate surface area is 110 Å². The first-order valence-electron chi connectivity index (χ1n) is 7.02. The largest absolute Gasteiger partial charge is 0.123 e. The van der Waals surface area contributed by atoms with E-state index in [-0.39, 0.29) is 0 Å². The molecule has 0 saturated heterocycles. The summed E-state index contributed by atoms with van der Waals surface area (Å²) in [6.45, 7) is 2.23. The topological polar surface area (TPSA) is 0 Å². The monoisotopic (exact) mass is 250 g/mol. The van der Waals surface area contributed by atoms with E-state index in [1.165, 1.54) is 37.7 Å². The van der Waals surface area contributed by atoms with Crippen LogP contribution < -0.4 is 0 Å². The Morgan fingerprint density at radius 2 is 1.88 bits per heavy atom. The molecule has 0 aromatic heterocycles. The van der Waals surface area contributed by atoms with E-state index in [0.29, 0.717) is 17.2 Å². The maximum Gasteiger partial charge on any atom is 0.0370 e. The van der Waals surface area contributed by atoms with E-state index in [2.05, 4.69) is 37.3 Å². The van der Waals surface area contributed by atoms with E-state index in [1.807, 2.05) is 0 Å². The fourth-order valence-electron chi connectivity index (χ4n) is 3.20. The zero-order valence-electron chi connectivity index (χ0n) is 10.7. The van der Waals surface area contributed by atoms with Crippen LogP contribution in [0, 0.1) is 5.92 Å². The first kappa shape index (κ1) is 13.0. The molecule has 0 bridgehead atoms. The fraction of sp³-hybridized carbons (Fsp3) is 0.625. The molecular formula is C16H23Cl. The summed E-state index contributed by atoms with van der Waals surface area (Å²) in [5.41, 5.74) is 1.50. The Bertz CT molecular complexity index is 320. The highest BCUT2D eigenvalue weighted by molar-refractivity contribution is 6.20. The van der Waals surface area contributed by atoms with Crippen LogP contribution in [0.2, 0.25) is 0 Å². The van der Waals surface area contributed by atoms with Crippen molar-refractivity contribution in [2.24, 2.45) is 5.92 Å². The second-order valence-corrected chi connectivity index (χ2v) is 5.83. The maximum atomic E-state index is 6.60. The van der Waals surface area contributed by atoms with Gasteiger partial charge in [0.15, 0.2) is 0 Å². The van der Waals surface area contributed by atoms with Gasteiger partial charge < -0.3 is 0 Å². The molecule has 0 radical (unpaired) electrons. The minimum atomic E-state index is 0.366. The third-order valence-corrected chi connectivity index (χ3v) is 4.62. The summed E-state index contributed by atoms with van der Waals surface area (Å²) in [6.07, 6.45) is 7.73. The molecule has 0 nitrogen and oxygen atoms in total. The highest BCUT2D eigenvalue weighted by Gasteiger charge is 2.31. The lowest BCUT2D eigenvalue weighted by Crippen LogP contribution is -2.26. The molecule has 0 heterocycles. The molecule has 3 unspecified atom stereocenters. The standard InChI is InChI=1S/C16H23Cl/c1-2-8-16(17)15-12-7-6-11-14(15)13-9-4-3-5-10-13/h3-5,9-10,14-16H,2,6-8,11-12H2,1H3. The SMILES string of the molecule is CCCC(Cl)C1CCCCC1c1ccccc1. The predicted molar refractivity (Wildman–Crippen MR) is 75.7 cm³/mol. The van der Waals surface area contributed by atoms with Crippen molar-refractivity contribution in [2.45, 2.75) is 56.7 Å². The van der Waals surface area contributed by atoms with Gasteiger partial charge in [-0.3, -0.25) is 0 Å². The van der Waals surface area contributed by atoms with E-state index in [0.717, 1.165) is 6.42 Å². The molecule has 2 rings (SSSR count). The summed E-state index contributed by atoms with van der Waals surface area (Å²) in [5.74, 6) is 1.38. The molecule has 1 aliphatic carbocycles. The third-order valence-electron chi connectivity index (χ3n) is 4.08. The quantitative estimate of drug-likeness (QED) is 0.631. The van der Waals surface area contributed by atoms with Crippen molar-refractivity contribution in [3.63, 3.8) is 0 Å². The average Bonchev–Trinajstić information content (AvgIpc) is 2.40. The molecule has 1 aromatic rings. The van der Waals surface area contributed by atoms with Gasteiger partial charge in [-0.25, -0.2) is 0 Å². The zero-order valence-corrected chi connectivity index (χ0v) is 11.5. The van der Waals surface area contributed by atoms with Gasteiger partial charge in [0.25, 0.3) is 0 Å². The fourth-order valence-corrected chi connectivity index (χ4v) is 3.72. The van der Waals surface area contributed by atoms with Gasteiger partial charge >= 0.3 is 0 Å². The minimum Gasteiger partial charge on any atom is -0.123 e. The zero-order chi connectivity index (χ0) is 12.1. The lowest BCUT2D eigenvalue weighted by atomic mass is 9.73. The van der Waals surface area contributed by atoms with Crippen molar-refractivity contribution in [1.82, 2.24) is 0 Å². The molecule has 3 atom stereocenters. The van der Waals surface area contributed by atoms with Crippen molar-refractivity contribution in [2.75, 3.05) is 0 Å². The van der Waals surface area contributed by atoms with Gasteiger partial charge in [-0.1, -0.05) is 56.5 Å². The van der Waals surface area contributed by atoms with Crippen LogP contribution in [0.4, 0.5) is 0 Å². The summed E-state index contributed by atoms with van der Waals surface area (Å²) in [4.78, 5) is 0. The van der Waals surface area contributed by atoms with Crippen molar-refractivity contribution >= 4 is 11.6 Å². The Morgan fingerprint density at radius 3 is 2.59 bits per heavy atom. The number of hydrogen-bond acceptors (Lipinski definition) is 0. The van der Waals surface area contributed by atoms with E-state index in [9.17, 15) is 0 Å². The van der Waals surface area contributed by atoms with Gasteiger partial charge in [-0.15, -0.1) is 11.6 Å². The molecule has 0 amide bonds. The summed E-state index contributed by atoms with van der Waals surface area (Å²) in [5, 5.41) is 0.366. The molecule has 1 fully saturated rings. The van der Waals surface area contributed by atoms with Crippen LogP contribution in [0.5, 0.6) is 0 Å². The summed E-state index contributed by atoms with van der Waals surface area (Å²) in [7, 11) is 0. The Kier molecular flexibility index (Phi) is 4.91. The first-order chi connectivity index (χ1) is 8.33. The summed E-state index contributed by atoms with van der Waals surface area (Å²) < 4.78 is 0. The van der Waals surface area contributed by atoms with Crippen LogP contribution in [0.3, 0.4) is 0 Å². The molecular weight excluding hydrogens is 228 g/mol. The smallest absolute Gasteiger partial charge is 0.0370 e. The van der Waals surface area contributed by atoms with Gasteiger partial charge in [0.1, 0.15) is 0 Å². The summed E-state index contributed by atoms with van der Waals surface area (Å²) >= 11 is 6.60.